The molecule has 0 amide bonds. The number of carbonyl (C=O) groups excluding carboxylic acids is 1. The lowest BCUT2D eigenvalue weighted by Gasteiger charge is -2.25. The number of nitriles is 1. The molecule has 2 aromatic rings. The predicted octanol–water partition coefficient (Wildman–Crippen LogP) is 4.76. The van der Waals surface area contributed by atoms with E-state index in [4.69, 9.17) is 4.74 Å². The van der Waals surface area contributed by atoms with Gasteiger partial charge < -0.3 is 4.74 Å². The lowest BCUT2D eigenvalue weighted by atomic mass is 9.83. The van der Waals surface area contributed by atoms with Crippen molar-refractivity contribution in [1.29, 1.82) is 5.26 Å². The molecule has 0 aromatic heterocycles. The van der Waals surface area contributed by atoms with Crippen molar-refractivity contribution in [2.75, 3.05) is 11.8 Å². The van der Waals surface area contributed by atoms with Gasteiger partial charge >= 0.3 is 5.97 Å². The van der Waals surface area contributed by atoms with Gasteiger partial charge in [-0.2, -0.15) is 5.26 Å². The number of rotatable bonds is 6. The standard InChI is InChI=1S/C23H26N2O4S/c1-3-17-10-11-19(23(26)29-2)14-22(17)30(27,28)25-21-13-16(15-24)9-12-20(21)18-7-5-4-6-8-18/h9-14,18,25H,3-8H2,1-2H3. The highest BCUT2D eigenvalue weighted by Crippen LogP contribution is 2.37. The first kappa shape index (κ1) is 21.8. The molecule has 1 saturated carbocycles. The second-order valence-corrected chi connectivity index (χ2v) is 9.17. The number of benzene rings is 2. The zero-order valence-corrected chi connectivity index (χ0v) is 18.1. The molecule has 0 aliphatic heterocycles. The summed E-state index contributed by atoms with van der Waals surface area (Å²) in [6, 6.07) is 11.8. The predicted molar refractivity (Wildman–Crippen MR) is 115 cm³/mol. The first-order valence-corrected chi connectivity index (χ1v) is 11.7. The van der Waals surface area contributed by atoms with Crippen molar-refractivity contribution in [2.45, 2.75) is 56.3 Å². The lowest BCUT2D eigenvalue weighted by Crippen LogP contribution is -2.18. The Hall–Kier alpha value is -2.85. The van der Waals surface area contributed by atoms with Crippen LogP contribution in [0.4, 0.5) is 5.69 Å². The number of esters is 1. The van der Waals surface area contributed by atoms with Crippen LogP contribution in [0.25, 0.3) is 0 Å². The number of hydrogen-bond acceptors (Lipinski definition) is 5. The third-order valence-corrected chi connectivity index (χ3v) is 7.08. The minimum Gasteiger partial charge on any atom is -0.465 e. The maximum absolute atomic E-state index is 13.3. The normalized spacial score (nSPS) is 14.7. The molecule has 0 radical (unpaired) electrons. The molecule has 3 rings (SSSR count). The number of ether oxygens (including phenoxy) is 1. The van der Waals surface area contributed by atoms with Crippen LogP contribution in [0.15, 0.2) is 41.3 Å². The van der Waals surface area contributed by atoms with Gasteiger partial charge in [0.05, 0.1) is 34.9 Å². The van der Waals surface area contributed by atoms with Crippen molar-refractivity contribution in [3.05, 3.63) is 58.7 Å². The number of methoxy groups -OCH3 is 1. The van der Waals surface area contributed by atoms with E-state index in [2.05, 4.69) is 10.8 Å². The summed E-state index contributed by atoms with van der Waals surface area (Å²) < 4.78 is 34.1. The fraction of sp³-hybridized carbons (Fsp3) is 0.391. The topological polar surface area (TPSA) is 96.3 Å². The van der Waals surface area contributed by atoms with E-state index in [1.807, 2.05) is 13.0 Å². The number of hydrogen-bond donors (Lipinski definition) is 1. The molecule has 1 fully saturated rings. The monoisotopic (exact) mass is 426 g/mol. The molecule has 2 aromatic carbocycles. The minimum atomic E-state index is -3.97. The first-order chi connectivity index (χ1) is 14.4. The Labute approximate surface area is 177 Å². The zero-order chi connectivity index (χ0) is 21.7. The molecule has 7 heteroatoms. The molecule has 0 bridgehead atoms. The quantitative estimate of drug-likeness (QED) is 0.672. The van der Waals surface area contributed by atoms with Crippen molar-refractivity contribution < 1.29 is 17.9 Å². The highest BCUT2D eigenvalue weighted by molar-refractivity contribution is 7.92. The van der Waals surface area contributed by atoms with Crippen molar-refractivity contribution >= 4 is 21.7 Å². The van der Waals surface area contributed by atoms with E-state index in [-0.39, 0.29) is 16.4 Å². The molecular formula is C23H26N2O4S. The van der Waals surface area contributed by atoms with Gasteiger partial charge in [-0.15, -0.1) is 0 Å². The van der Waals surface area contributed by atoms with Crippen LogP contribution in [0.1, 0.15) is 72.0 Å². The first-order valence-electron chi connectivity index (χ1n) is 10.2. The van der Waals surface area contributed by atoms with E-state index >= 15 is 0 Å². The molecule has 0 heterocycles. The van der Waals surface area contributed by atoms with Crippen LogP contribution in [0.3, 0.4) is 0 Å². The van der Waals surface area contributed by atoms with Crippen molar-refractivity contribution in [3.8, 4) is 6.07 Å². The molecule has 30 heavy (non-hydrogen) atoms. The molecule has 1 aliphatic carbocycles. The highest BCUT2D eigenvalue weighted by Gasteiger charge is 2.25. The van der Waals surface area contributed by atoms with Gasteiger partial charge in [0.1, 0.15) is 0 Å². The van der Waals surface area contributed by atoms with Crippen LogP contribution in [-0.2, 0) is 21.2 Å². The second-order valence-electron chi connectivity index (χ2n) is 7.52. The fourth-order valence-corrected chi connectivity index (χ4v) is 5.44. The van der Waals surface area contributed by atoms with E-state index in [1.165, 1.54) is 19.6 Å². The molecule has 1 aliphatic rings. The van der Waals surface area contributed by atoms with E-state index in [0.29, 0.717) is 23.2 Å². The number of carbonyl (C=O) groups is 1. The number of sulfonamides is 1. The van der Waals surface area contributed by atoms with E-state index < -0.39 is 16.0 Å². The van der Waals surface area contributed by atoms with E-state index in [1.54, 1.807) is 24.3 Å². The summed E-state index contributed by atoms with van der Waals surface area (Å²) in [5, 5.41) is 9.31. The Bertz CT molecular complexity index is 1080. The summed E-state index contributed by atoms with van der Waals surface area (Å²) >= 11 is 0. The molecule has 0 spiro atoms. The Kier molecular flexibility index (Phi) is 6.78. The summed E-state index contributed by atoms with van der Waals surface area (Å²) in [7, 11) is -2.72. The molecule has 0 saturated heterocycles. The van der Waals surface area contributed by atoms with E-state index in [9.17, 15) is 18.5 Å². The highest BCUT2D eigenvalue weighted by atomic mass is 32.2. The van der Waals surface area contributed by atoms with Gasteiger partial charge in [-0.25, -0.2) is 13.2 Å². The maximum atomic E-state index is 13.3. The third kappa shape index (κ3) is 4.65. The number of nitrogens with one attached hydrogen (secondary N) is 1. The molecule has 0 atom stereocenters. The van der Waals surface area contributed by atoms with Crippen LogP contribution < -0.4 is 4.72 Å². The maximum Gasteiger partial charge on any atom is 0.337 e. The van der Waals surface area contributed by atoms with Crippen LogP contribution in [0.5, 0.6) is 0 Å². The lowest BCUT2D eigenvalue weighted by molar-refractivity contribution is 0.0600. The van der Waals surface area contributed by atoms with Gasteiger partial charge in [-0.3, -0.25) is 4.72 Å². The van der Waals surface area contributed by atoms with Gasteiger partial charge in [0, 0.05) is 0 Å². The van der Waals surface area contributed by atoms with Gasteiger partial charge in [0.15, 0.2) is 0 Å². The fourth-order valence-electron chi connectivity index (χ4n) is 4.03. The average molecular weight is 427 g/mol. The van der Waals surface area contributed by atoms with Crippen LogP contribution >= 0.6 is 0 Å². The van der Waals surface area contributed by atoms with Crippen LogP contribution in [-0.4, -0.2) is 21.5 Å². The number of anilines is 1. The number of nitrogens with zero attached hydrogens (tertiary/aromatic N) is 1. The Morgan fingerprint density at radius 2 is 1.90 bits per heavy atom. The van der Waals surface area contributed by atoms with Crippen molar-refractivity contribution in [1.82, 2.24) is 0 Å². The molecular weight excluding hydrogens is 400 g/mol. The Morgan fingerprint density at radius 3 is 2.53 bits per heavy atom. The summed E-state index contributed by atoms with van der Waals surface area (Å²) in [5.74, 6) is -0.334. The van der Waals surface area contributed by atoms with Gasteiger partial charge in [0.25, 0.3) is 10.0 Å². The molecule has 6 nitrogen and oxygen atoms in total. The minimum absolute atomic E-state index is 0.0462. The second kappa shape index (κ2) is 9.31. The van der Waals surface area contributed by atoms with Crippen LogP contribution in [0.2, 0.25) is 0 Å². The van der Waals surface area contributed by atoms with E-state index in [0.717, 1.165) is 31.2 Å². The summed E-state index contributed by atoms with van der Waals surface area (Å²) in [5.41, 5.74) is 2.52. The van der Waals surface area contributed by atoms with Crippen LogP contribution in [0, 0.1) is 11.3 Å². The Balaban J connectivity index is 2.05. The van der Waals surface area contributed by atoms with Gasteiger partial charge in [-0.05, 0) is 60.6 Å². The van der Waals surface area contributed by atoms with Gasteiger partial charge in [0.2, 0.25) is 0 Å². The summed E-state index contributed by atoms with van der Waals surface area (Å²) in [6.45, 7) is 1.86. The summed E-state index contributed by atoms with van der Waals surface area (Å²) in [4.78, 5) is 12.0. The van der Waals surface area contributed by atoms with Crippen molar-refractivity contribution in [2.24, 2.45) is 0 Å². The molecule has 1 N–H and O–H groups in total. The SMILES string of the molecule is CCc1ccc(C(=O)OC)cc1S(=O)(=O)Nc1cc(C#N)ccc1C1CCCCC1. The van der Waals surface area contributed by atoms with Gasteiger partial charge in [-0.1, -0.05) is 38.3 Å². The molecule has 0 unspecified atom stereocenters. The van der Waals surface area contributed by atoms with Crippen molar-refractivity contribution in [3.63, 3.8) is 0 Å². The number of aryl methyl sites for hydroxylation is 1. The average Bonchev–Trinajstić information content (AvgIpc) is 2.78. The third-order valence-electron chi connectivity index (χ3n) is 5.63. The smallest absolute Gasteiger partial charge is 0.337 e. The zero-order valence-electron chi connectivity index (χ0n) is 17.3. The summed E-state index contributed by atoms with van der Waals surface area (Å²) in [6.07, 6.45) is 5.90. The largest absolute Gasteiger partial charge is 0.465 e. The molecule has 158 valence electrons. The Morgan fingerprint density at radius 1 is 1.17 bits per heavy atom.